The molecule has 0 bridgehead atoms. The van der Waals surface area contributed by atoms with Crippen LogP contribution in [0.5, 0.6) is 0 Å². The summed E-state index contributed by atoms with van der Waals surface area (Å²) in [5.74, 6) is 0.210. The molecule has 2 N–H and O–H groups in total. The predicted molar refractivity (Wildman–Crippen MR) is 86.9 cm³/mol. The highest BCUT2D eigenvalue weighted by Gasteiger charge is 2.26. The van der Waals surface area contributed by atoms with E-state index in [0.717, 1.165) is 18.7 Å². The molecule has 0 atom stereocenters. The number of carbonyl (C=O) groups is 1. The number of carbonyl (C=O) groups excluding carboxylic acids is 1. The average Bonchev–Trinajstić information content (AvgIpc) is 2.89. The van der Waals surface area contributed by atoms with Crippen LogP contribution in [0.3, 0.4) is 0 Å². The van der Waals surface area contributed by atoms with Crippen LogP contribution in [0.1, 0.15) is 19.4 Å². The van der Waals surface area contributed by atoms with Gasteiger partial charge >= 0.3 is 5.97 Å². The summed E-state index contributed by atoms with van der Waals surface area (Å²) in [5, 5.41) is 11.8. The number of halogens is 1. The van der Waals surface area contributed by atoms with Crippen LogP contribution in [-0.4, -0.2) is 36.3 Å². The molecular weight excluding hydrogens is 302 g/mol. The van der Waals surface area contributed by atoms with Crippen molar-refractivity contribution in [2.45, 2.75) is 20.4 Å². The first-order valence-electron chi connectivity index (χ1n) is 7.23. The Labute approximate surface area is 135 Å². The summed E-state index contributed by atoms with van der Waals surface area (Å²) in [6.45, 7) is 5.80. The first-order chi connectivity index (χ1) is 10.5. The SMILES string of the molecule is CCOC(=O)/C(C(C)=N)=C1/NCCN1Cc1ccc(Cl)cc1. The minimum Gasteiger partial charge on any atom is -0.462 e. The molecule has 22 heavy (non-hydrogen) atoms. The van der Waals surface area contributed by atoms with E-state index >= 15 is 0 Å². The van der Waals surface area contributed by atoms with Crippen LogP contribution >= 0.6 is 11.6 Å². The fourth-order valence-corrected chi connectivity index (χ4v) is 2.50. The number of nitrogens with zero attached hydrogens (tertiary/aromatic N) is 1. The molecule has 1 aliphatic heterocycles. The maximum atomic E-state index is 12.1. The van der Waals surface area contributed by atoms with Crippen molar-refractivity contribution in [3.63, 3.8) is 0 Å². The molecule has 2 rings (SSSR count). The third-order valence-corrected chi connectivity index (χ3v) is 3.62. The summed E-state index contributed by atoms with van der Waals surface area (Å²) in [6, 6.07) is 7.61. The van der Waals surface area contributed by atoms with E-state index in [1.807, 2.05) is 29.2 Å². The predicted octanol–water partition coefficient (Wildman–Crippen LogP) is 2.56. The van der Waals surface area contributed by atoms with Crippen molar-refractivity contribution < 1.29 is 9.53 Å². The van der Waals surface area contributed by atoms with Crippen molar-refractivity contribution in [1.29, 1.82) is 5.41 Å². The van der Waals surface area contributed by atoms with Gasteiger partial charge in [0.15, 0.2) is 0 Å². The molecule has 1 heterocycles. The molecule has 1 fully saturated rings. The molecule has 1 saturated heterocycles. The Bertz CT molecular complexity index is 596. The van der Waals surface area contributed by atoms with Gasteiger partial charge in [-0.15, -0.1) is 0 Å². The van der Waals surface area contributed by atoms with Crippen molar-refractivity contribution in [2.75, 3.05) is 19.7 Å². The molecule has 0 aliphatic carbocycles. The van der Waals surface area contributed by atoms with Gasteiger partial charge in [0.05, 0.1) is 6.61 Å². The first kappa shape index (κ1) is 16.4. The van der Waals surface area contributed by atoms with Crippen LogP contribution < -0.4 is 5.32 Å². The zero-order valence-electron chi connectivity index (χ0n) is 12.8. The van der Waals surface area contributed by atoms with Gasteiger partial charge in [-0.05, 0) is 31.5 Å². The Morgan fingerprint density at radius 2 is 2.09 bits per heavy atom. The third-order valence-electron chi connectivity index (χ3n) is 3.37. The van der Waals surface area contributed by atoms with Gasteiger partial charge in [0.1, 0.15) is 11.4 Å². The molecule has 0 spiro atoms. The van der Waals surface area contributed by atoms with Crippen molar-refractivity contribution in [3.05, 3.63) is 46.2 Å². The molecule has 0 radical (unpaired) electrons. The molecule has 0 unspecified atom stereocenters. The summed E-state index contributed by atoms with van der Waals surface area (Å²) < 4.78 is 5.07. The lowest BCUT2D eigenvalue weighted by Gasteiger charge is -2.21. The van der Waals surface area contributed by atoms with Crippen LogP contribution in [0.15, 0.2) is 35.7 Å². The maximum Gasteiger partial charge on any atom is 0.343 e. The highest BCUT2D eigenvalue weighted by Crippen LogP contribution is 2.19. The lowest BCUT2D eigenvalue weighted by Crippen LogP contribution is -2.27. The van der Waals surface area contributed by atoms with E-state index in [1.165, 1.54) is 0 Å². The van der Waals surface area contributed by atoms with Crippen LogP contribution in [0.25, 0.3) is 0 Å². The molecule has 0 amide bonds. The molecule has 1 aromatic carbocycles. The number of nitrogens with one attached hydrogen (secondary N) is 2. The Balaban J connectivity index is 2.26. The summed E-state index contributed by atoms with van der Waals surface area (Å²) in [5.41, 5.74) is 1.59. The van der Waals surface area contributed by atoms with Gasteiger partial charge in [-0.1, -0.05) is 23.7 Å². The van der Waals surface area contributed by atoms with Crippen molar-refractivity contribution in [2.24, 2.45) is 0 Å². The highest BCUT2D eigenvalue weighted by molar-refractivity contribution is 6.30. The van der Waals surface area contributed by atoms with Gasteiger partial charge in [-0.2, -0.15) is 0 Å². The Hall–Kier alpha value is -2.01. The van der Waals surface area contributed by atoms with E-state index in [9.17, 15) is 4.79 Å². The van der Waals surface area contributed by atoms with Crippen LogP contribution in [0.2, 0.25) is 5.02 Å². The number of benzene rings is 1. The van der Waals surface area contributed by atoms with Crippen LogP contribution in [0.4, 0.5) is 0 Å². The zero-order valence-corrected chi connectivity index (χ0v) is 13.5. The number of hydrogen-bond donors (Lipinski definition) is 2. The zero-order chi connectivity index (χ0) is 16.1. The number of esters is 1. The fourth-order valence-electron chi connectivity index (χ4n) is 2.38. The van der Waals surface area contributed by atoms with Crippen molar-refractivity contribution in [3.8, 4) is 0 Å². The summed E-state index contributed by atoms with van der Waals surface area (Å²) in [6.07, 6.45) is 0. The minimum absolute atomic E-state index is 0.198. The normalized spacial score (nSPS) is 16.2. The molecule has 0 aromatic heterocycles. The molecule has 6 heteroatoms. The molecule has 1 aromatic rings. The van der Waals surface area contributed by atoms with Crippen molar-refractivity contribution in [1.82, 2.24) is 10.2 Å². The van der Waals surface area contributed by atoms with Gasteiger partial charge in [0.2, 0.25) is 0 Å². The smallest absolute Gasteiger partial charge is 0.343 e. The van der Waals surface area contributed by atoms with E-state index in [4.69, 9.17) is 21.7 Å². The van der Waals surface area contributed by atoms with E-state index < -0.39 is 5.97 Å². The Morgan fingerprint density at radius 1 is 1.41 bits per heavy atom. The summed E-state index contributed by atoms with van der Waals surface area (Å²) in [4.78, 5) is 14.2. The maximum absolute atomic E-state index is 12.1. The molecule has 1 aliphatic rings. The van der Waals surface area contributed by atoms with Gasteiger partial charge < -0.3 is 20.4 Å². The van der Waals surface area contributed by atoms with E-state index in [1.54, 1.807) is 13.8 Å². The van der Waals surface area contributed by atoms with Gasteiger partial charge in [-0.3, -0.25) is 0 Å². The third kappa shape index (κ3) is 3.80. The minimum atomic E-state index is -0.458. The van der Waals surface area contributed by atoms with Gasteiger partial charge in [0, 0.05) is 30.4 Å². The van der Waals surface area contributed by atoms with Crippen LogP contribution in [-0.2, 0) is 16.1 Å². The average molecular weight is 322 g/mol. The van der Waals surface area contributed by atoms with E-state index in [-0.39, 0.29) is 5.71 Å². The standard InChI is InChI=1S/C16H20ClN3O2/c1-3-22-16(21)14(11(2)18)15-19-8-9-20(15)10-12-4-6-13(17)7-5-12/h4-7,18-19H,3,8-10H2,1-2H3/b15-14-,18-11?. The monoisotopic (exact) mass is 321 g/mol. The van der Waals surface area contributed by atoms with Crippen LogP contribution in [0, 0.1) is 5.41 Å². The quantitative estimate of drug-likeness (QED) is 0.497. The molecule has 0 saturated carbocycles. The number of rotatable bonds is 5. The second-order valence-electron chi connectivity index (χ2n) is 5.04. The highest BCUT2D eigenvalue weighted by atomic mass is 35.5. The Morgan fingerprint density at radius 3 is 2.68 bits per heavy atom. The summed E-state index contributed by atoms with van der Waals surface area (Å²) >= 11 is 5.90. The largest absolute Gasteiger partial charge is 0.462 e. The van der Waals surface area contributed by atoms with Crippen molar-refractivity contribution >= 4 is 23.3 Å². The fraction of sp³-hybridized carbons (Fsp3) is 0.375. The van der Waals surface area contributed by atoms with Gasteiger partial charge in [0.25, 0.3) is 0 Å². The molecule has 5 nitrogen and oxygen atoms in total. The lowest BCUT2D eigenvalue weighted by molar-refractivity contribution is -0.138. The molecular formula is C16H20ClN3O2. The topological polar surface area (TPSA) is 65.4 Å². The summed E-state index contributed by atoms with van der Waals surface area (Å²) in [7, 11) is 0. The number of hydrogen-bond acceptors (Lipinski definition) is 5. The van der Waals surface area contributed by atoms with Gasteiger partial charge in [-0.25, -0.2) is 4.79 Å². The second kappa shape index (κ2) is 7.31. The number of ether oxygens (including phenoxy) is 1. The van der Waals surface area contributed by atoms with E-state index in [2.05, 4.69) is 5.32 Å². The second-order valence-corrected chi connectivity index (χ2v) is 5.48. The lowest BCUT2D eigenvalue weighted by atomic mass is 10.1. The van der Waals surface area contributed by atoms with E-state index in [0.29, 0.717) is 29.6 Å². The Kier molecular flexibility index (Phi) is 5.44. The molecule has 118 valence electrons. The first-order valence-corrected chi connectivity index (χ1v) is 7.61.